The molecule has 1 nitrogen and oxygen atoms in total. The molecule has 2 aliphatic rings. The Labute approximate surface area is 188 Å². The Bertz CT molecular complexity index is 915. The van der Waals surface area contributed by atoms with E-state index in [9.17, 15) is 0 Å². The molecule has 0 bridgehead atoms. The molecule has 1 unspecified atom stereocenters. The van der Waals surface area contributed by atoms with Crippen LogP contribution in [0.25, 0.3) is 0 Å². The minimum atomic E-state index is 0.0734. The third-order valence-corrected chi connectivity index (χ3v) is 7.83. The molecule has 0 radical (unpaired) electrons. The maximum atomic E-state index is 2.69. The number of hydrogen-bond acceptors (Lipinski definition) is 1. The minimum absolute atomic E-state index is 0.0734. The molecule has 3 aromatic rings. The van der Waals surface area contributed by atoms with Gasteiger partial charge in [-0.05, 0) is 54.4 Å². The van der Waals surface area contributed by atoms with Crippen LogP contribution in [-0.2, 0) is 12.0 Å². The number of rotatable bonds is 5. The van der Waals surface area contributed by atoms with Crippen molar-refractivity contribution in [2.24, 2.45) is 0 Å². The molecular formula is C30H35N. The molecule has 1 atom stereocenters. The van der Waals surface area contributed by atoms with Gasteiger partial charge in [0, 0.05) is 24.5 Å². The summed E-state index contributed by atoms with van der Waals surface area (Å²) in [5.41, 5.74) is 5.97. The maximum Gasteiger partial charge on any atom is 0.0344 e. The highest BCUT2D eigenvalue weighted by molar-refractivity contribution is 5.42. The van der Waals surface area contributed by atoms with Gasteiger partial charge in [-0.3, -0.25) is 4.90 Å². The second kappa shape index (κ2) is 9.01. The van der Waals surface area contributed by atoms with E-state index in [0.29, 0.717) is 6.04 Å². The molecule has 3 aromatic carbocycles. The van der Waals surface area contributed by atoms with E-state index >= 15 is 0 Å². The minimum Gasteiger partial charge on any atom is -0.295 e. The van der Waals surface area contributed by atoms with Gasteiger partial charge in [0.05, 0.1) is 0 Å². The first-order valence-electron chi connectivity index (χ1n) is 12.2. The second-order valence-electron chi connectivity index (χ2n) is 9.85. The van der Waals surface area contributed by atoms with Gasteiger partial charge < -0.3 is 0 Å². The van der Waals surface area contributed by atoms with Crippen molar-refractivity contribution in [1.82, 2.24) is 4.90 Å². The van der Waals surface area contributed by atoms with E-state index in [0.717, 1.165) is 19.0 Å². The van der Waals surface area contributed by atoms with Gasteiger partial charge in [0.1, 0.15) is 0 Å². The van der Waals surface area contributed by atoms with Crippen LogP contribution in [0.1, 0.15) is 73.6 Å². The first-order valence-corrected chi connectivity index (χ1v) is 12.2. The average molecular weight is 410 g/mol. The Kier molecular flexibility index (Phi) is 5.96. The molecule has 0 amide bonds. The summed E-state index contributed by atoms with van der Waals surface area (Å²) in [6.07, 6.45) is 8.14. The van der Waals surface area contributed by atoms with Gasteiger partial charge >= 0.3 is 0 Å². The largest absolute Gasteiger partial charge is 0.295 e. The van der Waals surface area contributed by atoms with Crippen molar-refractivity contribution in [2.75, 3.05) is 6.54 Å². The fourth-order valence-electron chi connectivity index (χ4n) is 6.08. The predicted octanol–water partition coefficient (Wildman–Crippen LogP) is 7.31. The van der Waals surface area contributed by atoms with Gasteiger partial charge in [-0.15, -0.1) is 0 Å². The van der Waals surface area contributed by atoms with E-state index < -0.39 is 0 Å². The Morgan fingerprint density at radius 1 is 0.742 bits per heavy atom. The van der Waals surface area contributed by atoms with Gasteiger partial charge in [-0.1, -0.05) is 104 Å². The summed E-state index contributed by atoms with van der Waals surface area (Å²) in [4.78, 5) is 2.69. The third kappa shape index (κ3) is 4.21. The first-order chi connectivity index (χ1) is 15.2. The van der Waals surface area contributed by atoms with Crippen LogP contribution in [0, 0.1) is 0 Å². The molecule has 0 N–H and O–H groups in total. The van der Waals surface area contributed by atoms with Crippen molar-refractivity contribution < 1.29 is 0 Å². The molecule has 1 heterocycles. The van der Waals surface area contributed by atoms with Gasteiger partial charge in [-0.25, -0.2) is 0 Å². The highest BCUT2D eigenvalue weighted by Crippen LogP contribution is 2.44. The molecule has 31 heavy (non-hydrogen) atoms. The Hall–Kier alpha value is -2.38. The molecule has 0 aromatic heterocycles. The molecule has 1 aliphatic heterocycles. The Morgan fingerprint density at radius 3 is 1.90 bits per heavy atom. The van der Waals surface area contributed by atoms with E-state index in [-0.39, 0.29) is 5.41 Å². The third-order valence-electron chi connectivity index (χ3n) is 7.83. The lowest BCUT2D eigenvalue weighted by atomic mass is 9.73. The summed E-state index contributed by atoms with van der Waals surface area (Å²) in [5, 5.41) is 0. The normalized spacial score (nSPS) is 21.9. The lowest BCUT2D eigenvalue weighted by Gasteiger charge is -2.31. The maximum absolute atomic E-state index is 2.69. The smallest absolute Gasteiger partial charge is 0.0344 e. The molecular weight excluding hydrogens is 374 g/mol. The monoisotopic (exact) mass is 409 g/mol. The summed E-state index contributed by atoms with van der Waals surface area (Å²) in [6.45, 7) is 4.52. The van der Waals surface area contributed by atoms with Crippen molar-refractivity contribution in [1.29, 1.82) is 0 Å². The van der Waals surface area contributed by atoms with Crippen LogP contribution in [0.5, 0.6) is 0 Å². The summed E-state index contributed by atoms with van der Waals surface area (Å²) in [5.74, 6) is 0.789. The van der Waals surface area contributed by atoms with Gasteiger partial charge in [0.15, 0.2) is 0 Å². The van der Waals surface area contributed by atoms with Crippen LogP contribution in [-0.4, -0.2) is 17.5 Å². The molecule has 1 saturated carbocycles. The van der Waals surface area contributed by atoms with Gasteiger partial charge in [-0.2, -0.15) is 0 Å². The predicted molar refractivity (Wildman–Crippen MR) is 130 cm³/mol. The molecule has 0 spiro atoms. The highest BCUT2D eigenvalue weighted by atomic mass is 15.2. The zero-order valence-corrected chi connectivity index (χ0v) is 18.8. The molecule has 1 saturated heterocycles. The zero-order chi connectivity index (χ0) is 21.1. The molecule has 2 fully saturated rings. The van der Waals surface area contributed by atoms with Gasteiger partial charge in [0.2, 0.25) is 0 Å². The average Bonchev–Trinajstić information content (AvgIpc) is 3.18. The highest BCUT2D eigenvalue weighted by Gasteiger charge is 2.44. The standard InChI is InChI=1S/C30H35N/c1-24-21-30(28-13-7-3-8-14-28,29-15-9-4-10-16-29)23-31(24)22-25-17-19-27(20-18-25)26-11-5-2-6-12-26/h3-4,7-10,13-20,24,26H,2,5-6,11-12,21-23H2,1H3. The summed E-state index contributed by atoms with van der Waals surface area (Å²) in [6, 6.07) is 32.5. The number of likely N-dealkylation sites (tertiary alicyclic amines) is 1. The van der Waals surface area contributed by atoms with Crippen LogP contribution < -0.4 is 0 Å². The number of nitrogens with zero attached hydrogens (tertiary/aromatic N) is 1. The van der Waals surface area contributed by atoms with Crippen molar-refractivity contribution in [3.63, 3.8) is 0 Å². The first kappa shape index (κ1) is 20.5. The van der Waals surface area contributed by atoms with Crippen LogP contribution in [0.4, 0.5) is 0 Å². The molecule has 1 aliphatic carbocycles. The van der Waals surface area contributed by atoms with Crippen molar-refractivity contribution in [3.8, 4) is 0 Å². The zero-order valence-electron chi connectivity index (χ0n) is 18.8. The topological polar surface area (TPSA) is 3.24 Å². The van der Waals surface area contributed by atoms with Crippen molar-refractivity contribution >= 4 is 0 Å². The second-order valence-corrected chi connectivity index (χ2v) is 9.85. The Morgan fingerprint density at radius 2 is 1.32 bits per heavy atom. The van der Waals surface area contributed by atoms with Crippen molar-refractivity contribution in [3.05, 3.63) is 107 Å². The van der Waals surface area contributed by atoms with Crippen LogP contribution in [0.3, 0.4) is 0 Å². The number of benzene rings is 3. The van der Waals surface area contributed by atoms with E-state index in [1.54, 1.807) is 5.56 Å². The number of hydrogen-bond donors (Lipinski definition) is 0. The van der Waals surface area contributed by atoms with Crippen LogP contribution >= 0.6 is 0 Å². The quantitative estimate of drug-likeness (QED) is 0.427. The lowest BCUT2D eigenvalue weighted by Crippen LogP contribution is -2.32. The fraction of sp³-hybridized carbons (Fsp3) is 0.400. The summed E-state index contributed by atoms with van der Waals surface area (Å²) in [7, 11) is 0. The fourth-order valence-corrected chi connectivity index (χ4v) is 6.08. The lowest BCUT2D eigenvalue weighted by molar-refractivity contribution is 0.254. The molecule has 1 heteroatoms. The Balaban J connectivity index is 1.37. The van der Waals surface area contributed by atoms with E-state index in [2.05, 4.69) is 96.8 Å². The summed E-state index contributed by atoms with van der Waals surface area (Å²) >= 11 is 0. The van der Waals surface area contributed by atoms with E-state index in [1.807, 2.05) is 0 Å². The van der Waals surface area contributed by atoms with Crippen LogP contribution in [0.15, 0.2) is 84.9 Å². The van der Waals surface area contributed by atoms with Crippen LogP contribution in [0.2, 0.25) is 0 Å². The molecule has 5 rings (SSSR count). The van der Waals surface area contributed by atoms with E-state index in [1.165, 1.54) is 55.2 Å². The summed E-state index contributed by atoms with van der Waals surface area (Å²) < 4.78 is 0. The van der Waals surface area contributed by atoms with E-state index in [4.69, 9.17) is 0 Å². The van der Waals surface area contributed by atoms with Crippen molar-refractivity contribution in [2.45, 2.75) is 69.4 Å². The van der Waals surface area contributed by atoms with Gasteiger partial charge in [0.25, 0.3) is 0 Å². The molecule has 160 valence electrons. The SMILES string of the molecule is CC1CC(c2ccccc2)(c2ccccc2)CN1Cc1ccc(C2CCCCC2)cc1.